The van der Waals surface area contributed by atoms with Crippen LogP contribution in [-0.2, 0) is 12.8 Å². The molecule has 1 aromatic carbocycles. The highest BCUT2D eigenvalue weighted by Gasteiger charge is 2.05. The minimum Gasteiger partial charge on any atom is -0.330 e. The Morgan fingerprint density at radius 1 is 1.29 bits per heavy atom. The molecule has 2 rings (SSSR count). The van der Waals surface area contributed by atoms with E-state index in [1.54, 1.807) is 11.3 Å². The summed E-state index contributed by atoms with van der Waals surface area (Å²) < 4.78 is 0. The van der Waals surface area contributed by atoms with Crippen molar-refractivity contribution in [1.82, 2.24) is 10.2 Å². The van der Waals surface area contributed by atoms with Gasteiger partial charge in [0.2, 0.25) is 5.13 Å². The molecule has 1 aromatic heterocycles. The third-order valence-corrected chi connectivity index (χ3v) is 3.36. The van der Waals surface area contributed by atoms with Gasteiger partial charge in [-0.1, -0.05) is 36.5 Å². The van der Waals surface area contributed by atoms with Crippen LogP contribution in [0.2, 0.25) is 0 Å². The van der Waals surface area contributed by atoms with Crippen LogP contribution < -0.4 is 11.1 Å². The number of hydrogen-bond donors (Lipinski definition) is 2. The first kappa shape index (κ1) is 12.0. The van der Waals surface area contributed by atoms with E-state index in [0.29, 0.717) is 6.54 Å². The van der Waals surface area contributed by atoms with Crippen LogP contribution in [-0.4, -0.2) is 16.7 Å². The van der Waals surface area contributed by atoms with Crippen LogP contribution >= 0.6 is 11.3 Å². The number of nitrogens with two attached hydrogens (primary N) is 1. The van der Waals surface area contributed by atoms with Gasteiger partial charge in [0.05, 0.1) is 0 Å². The Morgan fingerprint density at radius 2 is 2.12 bits per heavy atom. The zero-order valence-corrected chi connectivity index (χ0v) is 10.6. The minimum absolute atomic E-state index is 0.611. The van der Waals surface area contributed by atoms with Crippen LogP contribution in [0.3, 0.4) is 0 Å². The van der Waals surface area contributed by atoms with Crippen molar-refractivity contribution >= 4 is 22.2 Å². The molecule has 0 bridgehead atoms. The lowest BCUT2D eigenvalue weighted by atomic mass is 10.1. The summed E-state index contributed by atoms with van der Waals surface area (Å²) in [6, 6.07) is 8.24. The van der Waals surface area contributed by atoms with Crippen LogP contribution in [0.5, 0.6) is 0 Å². The second kappa shape index (κ2) is 5.75. The van der Waals surface area contributed by atoms with Crippen molar-refractivity contribution in [2.24, 2.45) is 5.73 Å². The van der Waals surface area contributed by atoms with E-state index in [-0.39, 0.29) is 0 Å². The van der Waals surface area contributed by atoms with Crippen LogP contribution in [0.4, 0.5) is 10.8 Å². The summed E-state index contributed by atoms with van der Waals surface area (Å²) >= 11 is 1.56. The summed E-state index contributed by atoms with van der Waals surface area (Å²) in [7, 11) is 0. The lowest BCUT2D eigenvalue weighted by Gasteiger charge is -2.06. The lowest BCUT2D eigenvalue weighted by molar-refractivity contribution is 0.913. The average Bonchev–Trinajstić information content (AvgIpc) is 2.78. The van der Waals surface area contributed by atoms with Gasteiger partial charge in [0.1, 0.15) is 5.01 Å². The molecule has 3 N–H and O–H groups in total. The Bertz CT molecular complexity index is 481. The summed E-state index contributed by atoms with van der Waals surface area (Å²) in [4.78, 5) is 0. The minimum atomic E-state index is 0.611. The van der Waals surface area contributed by atoms with E-state index < -0.39 is 0 Å². The number of hydrogen-bond acceptors (Lipinski definition) is 5. The van der Waals surface area contributed by atoms with E-state index >= 15 is 0 Å². The molecule has 0 atom stereocenters. The molecule has 0 fully saturated rings. The Kier molecular flexibility index (Phi) is 4.06. The molecule has 17 heavy (non-hydrogen) atoms. The van der Waals surface area contributed by atoms with Gasteiger partial charge in [0, 0.05) is 12.1 Å². The third kappa shape index (κ3) is 3.01. The second-order valence-corrected chi connectivity index (χ2v) is 4.74. The van der Waals surface area contributed by atoms with E-state index in [1.165, 1.54) is 5.56 Å². The van der Waals surface area contributed by atoms with E-state index in [1.807, 2.05) is 12.1 Å². The maximum Gasteiger partial charge on any atom is 0.210 e. The molecule has 0 radical (unpaired) electrons. The van der Waals surface area contributed by atoms with E-state index in [0.717, 1.165) is 28.7 Å². The van der Waals surface area contributed by atoms with Gasteiger partial charge < -0.3 is 11.1 Å². The highest BCUT2D eigenvalue weighted by atomic mass is 32.1. The summed E-state index contributed by atoms with van der Waals surface area (Å²) in [5.74, 6) is 0. The van der Waals surface area contributed by atoms with Crippen molar-refractivity contribution in [3.8, 4) is 0 Å². The van der Waals surface area contributed by atoms with Gasteiger partial charge in [0.15, 0.2) is 0 Å². The maximum absolute atomic E-state index is 5.49. The van der Waals surface area contributed by atoms with Crippen molar-refractivity contribution in [2.45, 2.75) is 19.8 Å². The smallest absolute Gasteiger partial charge is 0.210 e. The molecule has 1 heterocycles. The summed E-state index contributed by atoms with van der Waals surface area (Å²) in [5.41, 5.74) is 7.87. The standard InChI is InChI=1S/C12H16N4S/c1-2-9-5-3-4-6-10(9)14-12-16-15-11(17-12)7-8-13/h3-6H,2,7-8,13H2,1H3,(H,14,16). The van der Waals surface area contributed by atoms with Gasteiger partial charge in [-0.05, 0) is 24.6 Å². The molecule has 0 amide bonds. The molecule has 0 saturated heterocycles. The van der Waals surface area contributed by atoms with Crippen molar-refractivity contribution in [2.75, 3.05) is 11.9 Å². The first-order valence-corrected chi connectivity index (χ1v) is 6.52. The normalized spacial score (nSPS) is 10.5. The van der Waals surface area contributed by atoms with Gasteiger partial charge in [-0.3, -0.25) is 0 Å². The number of nitrogens with one attached hydrogen (secondary N) is 1. The van der Waals surface area contributed by atoms with E-state index in [4.69, 9.17) is 5.73 Å². The maximum atomic E-state index is 5.49. The van der Waals surface area contributed by atoms with Gasteiger partial charge in [-0.2, -0.15) is 0 Å². The quantitative estimate of drug-likeness (QED) is 0.852. The number of aryl methyl sites for hydroxylation is 1. The zero-order chi connectivity index (χ0) is 12.1. The third-order valence-electron chi connectivity index (χ3n) is 2.46. The molecule has 0 aliphatic rings. The summed E-state index contributed by atoms with van der Waals surface area (Å²) in [6.07, 6.45) is 1.78. The monoisotopic (exact) mass is 248 g/mol. The fourth-order valence-corrected chi connectivity index (χ4v) is 2.36. The average molecular weight is 248 g/mol. The van der Waals surface area contributed by atoms with E-state index in [2.05, 4.69) is 34.6 Å². The van der Waals surface area contributed by atoms with Crippen molar-refractivity contribution in [1.29, 1.82) is 0 Å². The van der Waals surface area contributed by atoms with Crippen LogP contribution in [0.15, 0.2) is 24.3 Å². The summed E-state index contributed by atoms with van der Waals surface area (Å²) in [5, 5.41) is 13.3. The first-order valence-electron chi connectivity index (χ1n) is 5.71. The molecule has 0 spiro atoms. The highest BCUT2D eigenvalue weighted by molar-refractivity contribution is 7.15. The molecule has 90 valence electrons. The molecule has 0 saturated carbocycles. The topological polar surface area (TPSA) is 63.8 Å². The summed E-state index contributed by atoms with van der Waals surface area (Å²) in [6.45, 7) is 2.75. The van der Waals surface area contributed by atoms with Crippen molar-refractivity contribution < 1.29 is 0 Å². The van der Waals surface area contributed by atoms with Gasteiger partial charge >= 0.3 is 0 Å². The van der Waals surface area contributed by atoms with Crippen LogP contribution in [0.1, 0.15) is 17.5 Å². The number of aromatic nitrogens is 2. The van der Waals surface area contributed by atoms with Gasteiger partial charge in [0.25, 0.3) is 0 Å². The van der Waals surface area contributed by atoms with Gasteiger partial charge in [-0.25, -0.2) is 0 Å². The molecule has 0 aliphatic heterocycles. The number of benzene rings is 1. The predicted molar refractivity (Wildman–Crippen MR) is 71.8 cm³/mol. The van der Waals surface area contributed by atoms with Crippen molar-refractivity contribution in [3.05, 3.63) is 34.8 Å². The number of anilines is 2. The van der Waals surface area contributed by atoms with Crippen molar-refractivity contribution in [3.63, 3.8) is 0 Å². The molecule has 0 unspecified atom stereocenters. The first-order chi connectivity index (χ1) is 8.33. The molecular formula is C12H16N4S. The Labute approximate surface area is 105 Å². The molecule has 5 heteroatoms. The molecule has 2 aromatic rings. The fraction of sp³-hybridized carbons (Fsp3) is 0.333. The number of para-hydroxylation sites is 1. The zero-order valence-electron chi connectivity index (χ0n) is 9.81. The molecule has 0 aliphatic carbocycles. The van der Waals surface area contributed by atoms with E-state index in [9.17, 15) is 0 Å². The SMILES string of the molecule is CCc1ccccc1Nc1nnc(CCN)s1. The Morgan fingerprint density at radius 3 is 2.88 bits per heavy atom. The lowest BCUT2D eigenvalue weighted by Crippen LogP contribution is -2.01. The van der Waals surface area contributed by atoms with Crippen LogP contribution in [0, 0.1) is 0 Å². The molecule has 4 nitrogen and oxygen atoms in total. The Balaban J connectivity index is 2.13. The Hall–Kier alpha value is -1.46. The predicted octanol–water partition coefficient (Wildman–Crippen LogP) is 2.35. The number of nitrogens with zero attached hydrogens (tertiary/aromatic N) is 2. The highest BCUT2D eigenvalue weighted by Crippen LogP contribution is 2.23. The second-order valence-electron chi connectivity index (χ2n) is 3.68. The molecular weight excluding hydrogens is 232 g/mol. The van der Waals surface area contributed by atoms with Crippen LogP contribution in [0.25, 0.3) is 0 Å². The number of rotatable bonds is 5. The van der Waals surface area contributed by atoms with Gasteiger partial charge in [-0.15, -0.1) is 10.2 Å². The fourth-order valence-electron chi connectivity index (χ4n) is 1.59. The largest absolute Gasteiger partial charge is 0.330 e.